The van der Waals surface area contributed by atoms with Crippen LogP contribution in [0.2, 0.25) is 0 Å². The maximum Gasteiger partial charge on any atom is 0.284 e. The number of nitrogens with zero attached hydrogens (tertiary/aromatic N) is 1. The molecule has 0 spiro atoms. The predicted octanol–water partition coefficient (Wildman–Crippen LogP) is 0.926. The van der Waals surface area contributed by atoms with E-state index in [1.165, 1.54) is 17.8 Å². The number of carbonyl (C=O) groups is 1. The van der Waals surface area contributed by atoms with Gasteiger partial charge < -0.3 is 4.98 Å². The Hall–Kier alpha value is -2.12. The van der Waals surface area contributed by atoms with E-state index in [4.69, 9.17) is 0 Å². The highest BCUT2D eigenvalue weighted by molar-refractivity contribution is 7.98. The SMILES string of the molecule is CSc1nc(C(=O)NNCc2ccccc2)cc(=O)[nH]1. The fourth-order valence-corrected chi connectivity index (χ4v) is 1.93. The lowest BCUT2D eigenvalue weighted by atomic mass is 10.2. The van der Waals surface area contributed by atoms with Crippen molar-refractivity contribution in [3.8, 4) is 0 Å². The summed E-state index contributed by atoms with van der Waals surface area (Å²) >= 11 is 1.27. The van der Waals surface area contributed by atoms with E-state index in [0.717, 1.165) is 5.56 Å². The third-order valence-electron chi connectivity index (χ3n) is 2.48. The molecule has 0 unspecified atom stereocenters. The van der Waals surface area contributed by atoms with Gasteiger partial charge in [0.1, 0.15) is 5.69 Å². The van der Waals surface area contributed by atoms with Crippen molar-refractivity contribution in [2.75, 3.05) is 6.26 Å². The molecular weight excluding hydrogens is 276 g/mol. The number of hydrazine groups is 1. The van der Waals surface area contributed by atoms with Crippen molar-refractivity contribution in [1.29, 1.82) is 0 Å². The molecule has 3 N–H and O–H groups in total. The number of benzene rings is 1. The fraction of sp³-hybridized carbons (Fsp3) is 0.154. The molecule has 0 atom stereocenters. The molecule has 1 heterocycles. The van der Waals surface area contributed by atoms with Crippen LogP contribution in [0.4, 0.5) is 0 Å². The molecule has 2 rings (SSSR count). The van der Waals surface area contributed by atoms with Crippen LogP contribution in [-0.2, 0) is 6.54 Å². The van der Waals surface area contributed by atoms with Crippen molar-refractivity contribution >= 4 is 17.7 Å². The zero-order chi connectivity index (χ0) is 14.4. The van der Waals surface area contributed by atoms with Gasteiger partial charge in [-0.1, -0.05) is 42.1 Å². The Morgan fingerprint density at radius 2 is 2.10 bits per heavy atom. The molecule has 6 nitrogen and oxygen atoms in total. The topological polar surface area (TPSA) is 86.9 Å². The second kappa shape index (κ2) is 6.88. The lowest BCUT2D eigenvalue weighted by molar-refractivity contribution is 0.0926. The summed E-state index contributed by atoms with van der Waals surface area (Å²) in [4.78, 5) is 29.8. The molecule has 0 bridgehead atoms. The van der Waals surface area contributed by atoms with E-state index in [-0.39, 0.29) is 11.3 Å². The number of aromatic nitrogens is 2. The Bertz CT molecular complexity index is 642. The number of amides is 1. The quantitative estimate of drug-likeness (QED) is 0.433. The third kappa shape index (κ3) is 3.94. The smallest absolute Gasteiger partial charge is 0.284 e. The van der Waals surface area contributed by atoms with Gasteiger partial charge in [-0.15, -0.1) is 0 Å². The zero-order valence-electron chi connectivity index (χ0n) is 10.8. The highest BCUT2D eigenvalue weighted by atomic mass is 32.2. The summed E-state index contributed by atoms with van der Waals surface area (Å²) in [6, 6.07) is 10.8. The molecule has 7 heteroatoms. The minimum absolute atomic E-state index is 0.0821. The average molecular weight is 290 g/mol. The molecule has 0 aliphatic rings. The van der Waals surface area contributed by atoms with Crippen molar-refractivity contribution < 1.29 is 4.79 Å². The summed E-state index contributed by atoms with van der Waals surface area (Å²) in [5, 5.41) is 0.408. The molecule has 0 saturated heterocycles. The largest absolute Gasteiger partial charge is 0.301 e. The molecule has 0 radical (unpaired) electrons. The molecule has 0 aliphatic carbocycles. The van der Waals surface area contributed by atoms with E-state index < -0.39 is 5.91 Å². The van der Waals surface area contributed by atoms with Crippen molar-refractivity contribution in [2.45, 2.75) is 11.7 Å². The first kappa shape index (κ1) is 14.3. The Kier molecular flexibility index (Phi) is 4.91. The van der Waals surface area contributed by atoms with Crippen LogP contribution in [0.25, 0.3) is 0 Å². The Labute approximate surface area is 120 Å². The average Bonchev–Trinajstić information content (AvgIpc) is 2.47. The highest BCUT2D eigenvalue weighted by Gasteiger charge is 2.09. The fourth-order valence-electron chi connectivity index (χ4n) is 1.53. The lowest BCUT2D eigenvalue weighted by Gasteiger charge is -2.07. The monoisotopic (exact) mass is 290 g/mol. The molecule has 1 aromatic carbocycles. The van der Waals surface area contributed by atoms with Gasteiger partial charge in [-0.05, 0) is 11.8 Å². The van der Waals surface area contributed by atoms with Gasteiger partial charge in [0.25, 0.3) is 11.5 Å². The van der Waals surface area contributed by atoms with E-state index in [2.05, 4.69) is 20.8 Å². The van der Waals surface area contributed by atoms with Crippen LogP contribution < -0.4 is 16.4 Å². The van der Waals surface area contributed by atoms with Gasteiger partial charge in [0.15, 0.2) is 5.16 Å². The van der Waals surface area contributed by atoms with Crippen LogP contribution in [0, 0.1) is 0 Å². The van der Waals surface area contributed by atoms with Crippen molar-refractivity contribution in [2.24, 2.45) is 0 Å². The summed E-state index contributed by atoms with van der Waals surface area (Å²) in [7, 11) is 0. The molecule has 0 saturated carbocycles. The minimum atomic E-state index is -0.442. The summed E-state index contributed by atoms with van der Waals surface area (Å²) in [5.74, 6) is -0.442. The first-order valence-electron chi connectivity index (χ1n) is 5.91. The molecule has 2 aromatic rings. The summed E-state index contributed by atoms with van der Waals surface area (Å²) in [5.41, 5.74) is 6.08. The number of hydrogen-bond donors (Lipinski definition) is 3. The van der Waals surface area contributed by atoms with Gasteiger partial charge >= 0.3 is 0 Å². The Morgan fingerprint density at radius 1 is 1.35 bits per heavy atom. The Morgan fingerprint density at radius 3 is 2.80 bits per heavy atom. The number of aromatic amines is 1. The van der Waals surface area contributed by atoms with Gasteiger partial charge in [0.05, 0.1) is 0 Å². The standard InChI is InChI=1S/C13H14N4O2S/c1-20-13-15-10(7-11(18)16-13)12(19)17-14-8-9-5-3-2-4-6-9/h2-7,14H,8H2,1H3,(H,17,19)(H,15,16,18). The van der Waals surface area contributed by atoms with Gasteiger partial charge in [-0.2, -0.15) is 0 Å². The zero-order valence-corrected chi connectivity index (χ0v) is 11.7. The van der Waals surface area contributed by atoms with Crippen molar-refractivity contribution in [3.05, 3.63) is 58.0 Å². The van der Waals surface area contributed by atoms with Crippen LogP contribution in [0.5, 0.6) is 0 Å². The molecule has 1 aromatic heterocycles. The second-order valence-corrected chi connectivity index (χ2v) is 4.73. The first-order chi connectivity index (χ1) is 9.69. The molecule has 0 aliphatic heterocycles. The van der Waals surface area contributed by atoms with Crippen molar-refractivity contribution in [1.82, 2.24) is 20.8 Å². The maximum absolute atomic E-state index is 11.9. The van der Waals surface area contributed by atoms with Crippen LogP contribution in [0.15, 0.2) is 46.3 Å². The number of nitrogens with one attached hydrogen (secondary N) is 3. The van der Waals surface area contributed by atoms with Crippen LogP contribution in [0.3, 0.4) is 0 Å². The van der Waals surface area contributed by atoms with Gasteiger partial charge in [0.2, 0.25) is 0 Å². The number of thioether (sulfide) groups is 1. The van der Waals surface area contributed by atoms with E-state index in [1.807, 2.05) is 30.3 Å². The van der Waals surface area contributed by atoms with Gasteiger partial charge in [-0.3, -0.25) is 15.0 Å². The molecule has 0 fully saturated rings. The van der Waals surface area contributed by atoms with Crippen LogP contribution in [-0.4, -0.2) is 22.1 Å². The number of rotatable bonds is 5. The predicted molar refractivity (Wildman–Crippen MR) is 77.4 cm³/mol. The highest BCUT2D eigenvalue weighted by Crippen LogP contribution is 2.05. The van der Waals surface area contributed by atoms with Gasteiger partial charge in [-0.25, -0.2) is 10.4 Å². The second-order valence-electron chi connectivity index (χ2n) is 3.93. The third-order valence-corrected chi connectivity index (χ3v) is 3.06. The van der Waals surface area contributed by atoms with E-state index in [9.17, 15) is 9.59 Å². The molecule has 20 heavy (non-hydrogen) atoms. The molecular formula is C13H14N4O2S. The summed E-state index contributed by atoms with van der Waals surface area (Å²) in [6.07, 6.45) is 1.77. The summed E-state index contributed by atoms with van der Waals surface area (Å²) < 4.78 is 0. The van der Waals surface area contributed by atoms with Gasteiger partial charge in [0, 0.05) is 12.6 Å². The van der Waals surface area contributed by atoms with E-state index in [0.29, 0.717) is 11.7 Å². The number of carbonyl (C=O) groups excluding carboxylic acids is 1. The number of hydrogen-bond acceptors (Lipinski definition) is 5. The van der Waals surface area contributed by atoms with E-state index >= 15 is 0 Å². The Balaban J connectivity index is 1.95. The summed E-state index contributed by atoms with van der Waals surface area (Å²) in [6.45, 7) is 0.491. The first-order valence-corrected chi connectivity index (χ1v) is 7.14. The maximum atomic E-state index is 11.9. The number of H-pyrrole nitrogens is 1. The molecule has 104 valence electrons. The van der Waals surface area contributed by atoms with Crippen molar-refractivity contribution in [3.63, 3.8) is 0 Å². The molecule has 1 amide bonds. The lowest BCUT2D eigenvalue weighted by Crippen LogP contribution is -2.37. The normalized spacial score (nSPS) is 10.2. The van der Waals surface area contributed by atoms with Crippen LogP contribution in [0.1, 0.15) is 16.1 Å². The van der Waals surface area contributed by atoms with E-state index in [1.54, 1.807) is 6.26 Å². The minimum Gasteiger partial charge on any atom is -0.301 e. The van der Waals surface area contributed by atoms with Crippen LogP contribution >= 0.6 is 11.8 Å².